The van der Waals surface area contributed by atoms with Crippen LogP contribution in [0.2, 0.25) is 0 Å². The first kappa shape index (κ1) is 17.4. The molecule has 2 unspecified atom stereocenters. The summed E-state index contributed by atoms with van der Waals surface area (Å²) in [5.41, 5.74) is 7.22. The van der Waals surface area contributed by atoms with Crippen LogP contribution in [0.25, 0.3) is 0 Å². The minimum atomic E-state index is -0.879. The molecule has 1 aromatic rings. The van der Waals surface area contributed by atoms with Gasteiger partial charge in [-0.25, -0.2) is 0 Å². The number of rotatable bonds is 7. The van der Waals surface area contributed by atoms with E-state index in [0.29, 0.717) is 13.2 Å². The molecule has 0 aromatic heterocycles. The van der Waals surface area contributed by atoms with E-state index in [9.17, 15) is 14.7 Å². The first-order chi connectivity index (χ1) is 10.9. The third kappa shape index (κ3) is 4.30. The molecule has 1 aromatic carbocycles. The number of carbonyl (C=O) groups excluding carboxylic acids is 2. The molecule has 0 saturated heterocycles. The molecular formula is C17H24N2O4. The minimum absolute atomic E-state index is 0.0971. The molecule has 0 spiro atoms. The number of hydrogen-bond donors (Lipinski definition) is 2. The standard InChI is InChI=1S/C17H24N2O4/c1-11(2)10-23-15(20)8-7-14(16(18)21)19-9-12-5-3-4-6-13(12)17(19)22/h3-6,11,14,17,22H,7-10H2,1-2H3,(H2,18,21). The van der Waals surface area contributed by atoms with Crippen LogP contribution in [0.5, 0.6) is 0 Å². The lowest BCUT2D eigenvalue weighted by Gasteiger charge is -2.28. The van der Waals surface area contributed by atoms with Crippen LogP contribution in [0.4, 0.5) is 0 Å². The maximum atomic E-state index is 11.8. The van der Waals surface area contributed by atoms with Crippen molar-refractivity contribution in [3.8, 4) is 0 Å². The van der Waals surface area contributed by atoms with Crippen LogP contribution in [0, 0.1) is 5.92 Å². The molecule has 0 aliphatic carbocycles. The van der Waals surface area contributed by atoms with Crippen molar-refractivity contribution in [3.05, 3.63) is 35.4 Å². The van der Waals surface area contributed by atoms with Crippen LogP contribution in [0.15, 0.2) is 24.3 Å². The highest BCUT2D eigenvalue weighted by Crippen LogP contribution is 2.34. The fourth-order valence-electron chi connectivity index (χ4n) is 2.73. The first-order valence-electron chi connectivity index (χ1n) is 7.86. The summed E-state index contributed by atoms with van der Waals surface area (Å²) in [5.74, 6) is -0.634. The van der Waals surface area contributed by atoms with Gasteiger partial charge in [-0.15, -0.1) is 0 Å². The molecule has 1 aliphatic heterocycles. The van der Waals surface area contributed by atoms with Gasteiger partial charge in [-0.1, -0.05) is 38.1 Å². The molecule has 1 amide bonds. The fourth-order valence-corrected chi connectivity index (χ4v) is 2.73. The predicted octanol–water partition coefficient (Wildman–Crippen LogP) is 1.33. The predicted molar refractivity (Wildman–Crippen MR) is 85.0 cm³/mol. The number of fused-ring (bicyclic) bond motifs is 1. The van der Waals surface area contributed by atoms with E-state index in [-0.39, 0.29) is 24.7 Å². The van der Waals surface area contributed by atoms with Crippen LogP contribution in [-0.2, 0) is 20.9 Å². The topological polar surface area (TPSA) is 92.9 Å². The average Bonchev–Trinajstić information content (AvgIpc) is 2.83. The molecule has 1 aliphatic rings. The summed E-state index contributed by atoms with van der Waals surface area (Å²) in [4.78, 5) is 25.1. The lowest BCUT2D eigenvalue weighted by molar-refractivity contribution is -0.145. The fraction of sp³-hybridized carbons (Fsp3) is 0.529. The van der Waals surface area contributed by atoms with Gasteiger partial charge in [0, 0.05) is 13.0 Å². The average molecular weight is 320 g/mol. The summed E-state index contributed by atoms with van der Waals surface area (Å²) in [6.45, 7) is 4.71. The second kappa shape index (κ2) is 7.57. The van der Waals surface area contributed by atoms with Gasteiger partial charge in [0.2, 0.25) is 5.91 Å². The van der Waals surface area contributed by atoms with Crippen molar-refractivity contribution in [2.75, 3.05) is 6.61 Å². The van der Waals surface area contributed by atoms with Gasteiger partial charge in [0.1, 0.15) is 6.23 Å². The number of amides is 1. The van der Waals surface area contributed by atoms with Crippen molar-refractivity contribution < 1.29 is 19.4 Å². The SMILES string of the molecule is CC(C)COC(=O)CCC(C(N)=O)N1Cc2ccccc2C1O. The molecule has 2 atom stereocenters. The second-order valence-corrected chi connectivity index (χ2v) is 6.28. The van der Waals surface area contributed by atoms with Crippen molar-refractivity contribution in [1.82, 2.24) is 4.90 Å². The number of ether oxygens (including phenoxy) is 1. The van der Waals surface area contributed by atoms with Crippen molar-refractivity contribution in [1.29, 1.82) is 0 Å². The molecular weight excluding hydrogens is 296 g/mol. The first-order valence-corrected chi connectivity index (χ1v) is 7.86. The summed E-state index contributed by atoms with van der Waals surface area (Å²) in [6.07, 6.45) is -0.549. The number of benzene rings is 1. The Kier molecular flexibility index (Phi) is 5.74. The Morgan fingerprint density at radius 1 is 1.39 bits per heavy atom. The molecule has 2 rings (SSSR count). The lowest BCUT2D eigenvalue weighted by atomic mass is 10.1. The normalized spacial score (nSPS) is 18.7. The number of nitrogens with two attached hydrogens (primary N) is 1. The highest BCUT2D eigenvalue weighted by atomic mass is 16.5. The third-order valence-electron chi connectivity index (χ3n) is 3.93. The van der Waals surface area contributed by atoms with Gasteiger partial charge in [0.05, 0.1) is 12.6 Å². The highest BCUT2D eigenvalue weighted by molar-refractivity contribution is 5.81. The molecule has 0 fully saturated rings. The van der Waals surface area contributed by atoms with E-state index >= 15 is 0 Å². The number of carbonyl (C=O) groups is 2. The summed E-state index contributed by atoms with van der Waals surface area (Å²) < 4.78 is 5.11. The minimum Gasteiger partial charge on any atom is -0.465 e. The Morgan fingerprint density at radius 3 is 2.70 bits per heavy atom. The Morgan fingerprint density at radius 2 is 2.09 bits per heavy atom. The Labute approximate surface area is 136 Å². The van der Waals surface area contributed by atoms with Crippen molar-refractivity contribution in [2.24, 2.45) is 11.7 Å². The van der Waals surface area contributed by atoms with Gasteiger partial charge in [0.15, 0.2) is 0 Å². The number of esters is 1. The number of nitrogens with zero attached hydrogens (tertiary/aromatic N) is 1. The largest absolute Gasteiger partial charge is 0.465 e. The zero-order valence-electron chi connectivity index (χ0n) is 13.6. The molecule has 0 bridgehead atoms. The second-order valence-electron chi connectivity index (χ2n) is 6.28. The Bertz CT molecular complexity index is 573. The van der Waals surface area contributed by atoms with Crippen molar-refractivity contribution in [3.63, 3.8) is 0 Å². The van der Waals surface area contributed by atoms with Crippen LogP contribution in [-0.4, -0.2) is 34.5 Å². The van der Waals surface area contributed by atoms with E-state index in [4.69, 9.17) is 10.5 Å². The number of hydrogen-bond acceptors (Lipinski definition) is 5. The number of aliphatic hydroxyl groups excluding tert-OH is 1. The zero-order valence-corrected chi connectivity index (χ0v) is 13.6. The van der Waals surface area contributed by atoms with E-state index in [1.54, 1.807) is 4.90 Å². The van der Waals surface area contributed by atoms with Gasteiger partial charge >= 0.3 is 5.97 Å². The molecule has 1 heterocycles. The smallest absolute Gasteiger partial charge is 0.305 e. The monoisotopic (exact) mass is 320 g/mol. The lowest BCUT2D eigenvalue weighted by Crippen LogP contribution is -2.44. The maximum absolute atomic E-state index is 11.8. The van der Waals surface area contributed by atoms with Crippen LogP contribution in [0.3, 0.4) is 0 Å². The van der Waals surface area contributed by atoms with Gasteiger partial charge in [-0.3, -0.25) is 14.5 Å². The summed E-state index contributed by atoms with van der Waals surface area (Å²) in [6, 6.07) is 6.76. The van der Waals surface area contributed by atoms with E-state index in [1.807, 2.05) is 38.1 Å². The molecule has 126 valence electrons. The Balaban J connectivity index is 1.98. The summed E-state index contributed by atoms with van der Waals surface area (Å²) >= 11 is 0. The van der Waals surface area contributed by atoms with Crippen LogP contribution < -0.4 is 5.73 Å². The molecule has 3 N–H and O–H groups in total. The molecule has 0 saturated carbocycles. The van der Waals surface area contributed by atoms with Crippen LogP contribution >= 0.6 is 0 Å². The third-order valence-corrected chi connectivity index (χ3v) is 3.93. The quantitative estimate of drug-likeness (QED) is 0.739. The van der Waals surface area contributed by atoms with E-state index < -0.39 is 18.2 Å². The summed E-state index contributed by atoms with van der Waals surface area (Å²) in [5, 5.41) is 10.4. The zero-order chi connectivity index (χ0) is 17.0. The van der Waals surface area contributed by atoms with E-state index in [1.165, 1.54) is 0 Å². The van der Waals surface area contributed by atoms with E-state index in [0.717, 1.165) is 11.1 Å². The molecule has 0 radical (unpaired) electrons. The van der Waals surface area contributed by atoms with Crippen molar-refractivity contribution >= 4 is 11.9 Å². The molecule has 23 heavy (non-hydrogen) atoms. The maximum Gasteiger partial charge on any atom is 0.305 e. The van der Waals surface area contributed by atoms with Gasteiger partial charge in [-0.2, -0.15) is 0 Å². The Hall–Kier alpha value is -1.92. The number of aliphatic hydroxyl groups is 1. The van der Waals surface area contributed by atoms with Gasteiger partial charge in [-0.05, 0) is 23.5 Å². The van der Waals surface area contributed by atoms with Gasteiger partial charge < -0.3 is 15.6 Å². The number of primary amides is 1. The highest BCUT2D eigenvalue weighted by Gasteiger charge is 2.36. The molecule has 6 nitrogen and oxygen atoms in total. The molecule has 6 heteroatoms. The van der Waals surface area contributed by atoms with Crippen LogP contribution in [0.1, 0.15) is 44.0 Å². The van der Waals surface area contributed by atoms with E-state index in [2.05, 4.69) is 0 Å². The van der Waals surface area contributed by atoms with Gasteiger partial charge in [0.25, 0.3) is 0 Å². The van der Waals surface area contributed by atoms with Crippen molar-refractivity contribution in [2.45, 2.75) is 45.5 Å². The summed E-state index contributed by atoms with van der Waals surface area (Å²) in [7, 11) is 0.